The number of hydrogen-bond acceptors (Lipinski definition) is 4. The summed E-state index contributed by atoms with van der Waals surface area (Å²) < 4.78 is 5.72. The second-order valence-electron chi connectivity index (χ2n) is 8.69. The average Bonchev–Trinajstić information content (AvgIpc) is 3.30. The van der Waals surface area contributed by atoms with E-state index >= 15 is 0 Å². The zero-order valence-electron chi connectivity index (χ0n) is 18.3. The summed E-state index contributed by atoms with van der Waals surface area (Å²) in [5.41, 5.74) is 2.63. The Balaban J connectivity index is 1.32. The Kier molecular flexibility index (Phi) is 7.02. The van der Waals surface area contributed by atoms with E-state index in [9.17, 15) is 9.59 Å². The van der Waals surface area contributed by atoms with Crippen LogP contribution in [0.2, 0.25) is 0 Å². The minimum absolute atomic E-state index is 0.0273. The van der Waals surface area contributed by atoms with Crippen LogP contribution in [0.4, 0.5) is 0 Å². The summed E-state index contributed by atoms with van der Waals surface area (Å²) in [6, 6.07) is 9.97. The van der Waals surface area contributed by atoms with Crippen molar-refractivity contribution in [3.63, 3.8) is 0 Å². The Morgan fingerprint density at radius 1 is 1.16 bits per heavy atom. The van der Waals surface area contributed by atoms with E-state index in [1.54, 1.807) is 11.1 Å². The molecule has 0 aliphatic carbocycles. The third-order valence-corrected chi connectivity index (χ3v) is 6.44. The predicted octanol–water partition coefficient (Wildman–Crippen LogP) is 3.35. The molecule has 0 bridgehead atoms. The number of nitrogens with zero attached hydrogens (tertiary/aromatic N) is 3. The summed E-state index contributed by atoms with van der Waals surface area (Å²) >= 11 is 0. The molecule has 2 saturated heterocycles. The van der Waals surface area contributed by atoms with Crippen molar-refractivity contribution in [2.45, 2.75) is 57.1 Å². The maximum absolute atomic E-state index is 13.1. The molecule has 4 rings (SSSR count). The van der Waals surface area contributed by atoms with Crippen molar-refractivity contribution in [3.05, 3.63) is 53.3 Å². The maximum Gasteiger partial charge on any atom is 0.257 e. The van der Waals surface area contributed by atoms with Crippen LogP contribution in [-0.4, -0.2) is 64.7 Å². The van der Waals surface area contributed by atoms with Gasteiger partial charge in [-0.25, -0.2) is 0 Å². The van der Waals surface area contributed by atoms with Crippen molar-refractivity contribution in [2.75, 3.05) is 26.7 Å². The number of carbonyl (C=O) groups is 2. The number of H-pyrrole nitrogens is 1. The lowest BCUT2D eigenvalue weighted by atomic mass is 9.90. The highest BCUT2D eigenvalue weighted by molar-refractivity contribution is 5.95. The number of benzene rings is 1. The van der Waals surface area contributed by atoms with Gasteiger partial charge in [0.2, 0.25) is 5.91 Å². The minimum atomic E-state index is -0.0273. The predicted molar refractivity (Wildman–Crippen MR) is 118 cm³/mol. The van der Waals surface area contributed by atoms with Gasteiger partial charge in [0.15, 0.2) is 0 Å². The molecule has 7 heteroatoms. The van der Waals surface area contributed by atoms with Gasteiger partial charge in [-0.1, -0.05) is 30.3 Å². The van der Waals surface area contributed by atoms with Gasteiger partial charge < -0.3 is 14.5 Å². The summed E-state index contributed by atoms with van der Waals surface area (Å²) in [6.45, 7) is 2.75. The fourth-order valence-corrected chi connectivity index (χ4v) is 4.62. The Morgan fingerprint density at radius 2 is 1.94 bits per heavy atom. The molecule has 31 heavy (non-hydrogen) atoms. The third-order valence-electron chi connectivity index (χ3n) is 6.44. The summed E-state index contributed by atoms with van der Waals surface area (Å²) in [4.78, 5) is 29.4. The van der Waals surface area contributed by atoms with E-state index in [-0.39, 0.29) is 23.8 Å². The molecule has 2 amide bonds. The first-order valence-corrected chi connectivity index (χ1v) is 11.3. The number of nitrogens with one attached hydrogen (secondary N) is 1. The maximum atomic E-state index is 13.1. The molecule has 0 unspecified atom stereocenters. The topological polar surface area (TPSA) is 78.5 Å². The van der Waals surface area contributed by atoms with Crippen molar-refractivity contribution in [1.29, 1.82) is 0 Å². The normalized spacial score (nSPS) is 19.9. The minimum Gasteiger partial charge on any atom is -0.378 e. The number of aromatic amines is 1. The first kappa shape index (κ1) is 21.6. The summed E-state index contributed by atoms with van der Waals surface area (Å²) in [7, 11) is 1.82. The third kappa shape index (κ3) is 5.34. The van der Waals surface area contributed by atoms with Crippen LogP contribution in [0.25, 0.3) is 0 Å². The molecule has 2 aliphatic heterocycles. The van der Waals surface area contributed by atoms with Crippen LogP contribution in [-0.2, 0) is 16.1 Å². The molecule has 3 heterocycles. The van der Waals surface area contributed by atoms with E-state index < -0.39 is 0 Å². The Labute approximate surface area is 183 Å². The molecular weight excluding hydrogens is 392 g/mol. The van der Waals surface area contributed by atoms with Crippen LogP contribution in [0.5, 0.6) is 0 Å². The Bertz CT molecular complexity index is 868. The van der Waals surface area contributed by atoms with E-state index in [0.717, 1.165) is 50.0 Å². The zero-order valence-corrected chi connectivity index (χ0v) is 18.3. The standard InChI is InChI=1S/C24H32N4O3/c1-27(17-18-7-3-2-4-8-18)24(30)21-16-25-26-23(21)19-10-12-28(13-11-19)22(29)15-20-9-5-6-14-31-20/h2-4,7-8,16,19-20H,5-6,9-15,17H2,1H3,(H,25,26)/t20-/m1/s1. The number of rotatable bonds is 6. The van der Waals surface area contributed by atoms with Gasteiger partial charge in [0.05, 0.1) is 30.0 Å². The summed E-state index contributed by atoms with van der Waals surface area (Å²) in [5.74, 6) is 0.371. The molecule has 0 saturated carbocycles. The monoisotopic (exact) mass is 424 g/mol. The molecule has 1 aromatic heterocycles. The fourth-order valence-electron chi connectivity index (χ4n) is 4.62. The van der Waals surface area contributed by atoms with Gasteiger partial charge in [0.1, 0.15) is 0 Å². The SMILES string of the molecule is CN(Cc1ccccc1)C(=O)c1cn[nH]c1C1CCN(C(=O)C[C@H]2CCCCO2)CC1. The quantitative estimate of drug-likeness (QED) is 0.771. The van der Waals surface area contributed by atoms with Crippen LogP contribution in [0, 0.1) is 0 Å². The average molecular weight is 425 g/mol. The number of carbonyl (C=O) groups excluding carboxylic acids is 2. The van der Waals surface area contributed by atoms with Gasteiger partial charge in [-0.05, 0) is 37.7 Å². The number of amides is 2. The zero-order chi connectivity index (χ0) is 21.6. The van der Waals surface area contributed by atoms with Gasteiger partial charge in [0.25, 0.3) is 5.91 Å². The van der Waals surface area contributed by atoms with Crippen molar-refractivity contribution in [3.8, 4) is 0 Å². The number of aromatic nitrogens is 2. The molecule has 2 aromatic rings. The summed E-state index contributed by atoms with van der Waals surface area (Å²) in [6.07, 6.45) is 7.11. The molecule has 0 radical (unpaired) electrons. The number of piperidine rings is 1. The number of ether oxygens (including phenoxy) is 1. The van der Waals surface area contributed by atoms with Crippen molar-refractivity contribution >= 4 is 11.8 Å². The van der Waals surface area contributed by atoms with Gasteiger partial charge in [0, 0.05) is 39.2 Å². The van der Waals surface area contributed by atoms with Crippen molar-refractivity contribution < 1.29 is 14.3 Å². The highest BCUT2D eigenvalue weighted by Crippen LogP contribution is 2.30. The van der Waals surface area contributed by atoms with Crippen LogP contribution in [0.15, 0.2) is 36.5 Å². The second kappa shape index (κ2) is 10.1. The Hall–Kier alpha value is -2.67. The molecule has 7 nitrogen and oxygen atoms in total. The molecule has 166 valence electrons. The molecular formula is C24H32N4O3. The first-order chi connectivity index (χ1) is 15.1. The molecule has 2 aliphatic rings. The van der Waals surface area contributed by atoms with Crippen LogP contribution < -0.4 is 0 Å². The van der Waals surface area contributed by atoms with E-state index in [0.29, 0.717) is 31.6 Å². The lowest BCUT2D eigenvalue weighted by Crippen LogP contribution is -2.40. The highest BCUT2D eigenvalue weighted by atomic mass is 16.5. The van der Waals surface area contributed by atoms with Crippen molar-refractivity contribution in [1.82, 2.24) is 20.0 Å². The lowest BCUT2D eigenvalue weighted by molar-refractivity contribution is -0.136. The number of likely N-dealkylation sites (tertiary alicyclic amines) is 1. The second-order valence-corrected chi connectivity index (χ2v) is 8.69. The van der Waals surface area contributed by atoms with E-state index in [4.69, 9.17) is 4.74 Å². The van der Waals surface area contributed by atoms with Gasteiger partial charge in [-0.3, -0.25) is 14.7 Å². The Morgan fingerprint density at radius 3 is 2.65 bits per heavy atom. The van der Waals surface area contributed by atoms with Crippen LogP contribution in [0.1, 0.15) is 66.1 Å². The van der Waals surface area contributed by atoms with Crippen LogP contribution in [0.3, 0.4) is 0 Å². The van der Waals surface area contributed by atoms with Gasteiger partial charge in [-0.15, -0.1) is 0 Å². The molecule has 1 N–H and O–H groups in total. The number of hydrogen-bond donors (Lipinski definition) is 1. The molecule has 1 aromatic carbocycles. The van der Waals surface area contributed by atoms with Crippen molar-refractivity contribution in [2.24, 2.45) is 0 Å². The first-order valence-electron chi connectivity index (χ1n) is 11.3. The summed E-state index contributed by atoms with van der Waals surface area (Å²) in [5, 5.41) is 7.23. The van der Waals surface area contributed by atoms with Gasteiger partial charge in [-0.2, -0.15) is 5.10 Å². The molecule has 2 fully saturated rings. The lowest BCUT2D eigenvalue weighted by Gasteiger charge is -2.33. The van der Waals surface area contributed by atoms with E-state index in [1.807, 2.05) is 42.3 Å². The fraction of sp³-hybridized carbons (Fsp3) is 0.542. The van der Waals surface area contributed by atoms with E-state index in [1.165, 1.54) is 0 Å². The van der Waals surface area contributed by atoms with E-state index in [2.05, 4.69) is 10.2 Å². The largest absolute Gasteiger partial charge is 0.378 e. The van der Waals surface area contributed by atoms with Crippen LogP contribution >= 0.6 is 0 Å². The molecule has 0 spiro atoms. The molecule has 1 atom stereocenters. The highest BCUT2D eigenvalue weighted by Gasteiger charge is 2.30. The smallest absolute Gasteiger partial charge is 0.257 e. The van der Waals surface area contributed by atoms with Gasteiger partial charge >= 0.3 is 0 Å².